The van der Waals surface area contributed by atoms with Gasteiger partial charge in [0.25, 0.3) is 17.7 Å². The van der Waals surface area contributed by atoms with Crippen LogP contribution in [0.15, 0.2) is 18.2 Å². The van der Waals surface area contributed by atoms with E-state index in [0.717, 1.165) is 12.8 Å². The van der Waals surface area contributed by atoms with Gasteiger partial charge < -0.3 is 11.1 Å². The SMILES string of the molecule is CCCCN1C(=O)c2ccc(C(=O)NCC(C)(C)N)cc2C1=O. The summed E-state index contributed by atoms with van der Waals surface area (Å²) < 4.78 is 0. The standard InChI is InChI=1S/C17H23N3O3/c1-4-5-8-20-15(22)12-7-6-11(9-13(12)16(20)23)14(21)19-10-17(2,3)18/h6-7,9H,4-5,8,10,18H2,1-3H3,(H,19,21). The summed E-state index contributed by atoms with van der Waals surface area (Å²) in [5, 5.41) is 2.73. The summed E-state index contributed by atoms with van der Waals surface area (Å²) >= 11 is 0. The number of imide groups is 1. The second-order valence-corrected chi connectivity index (χ2v) is 6.55. The third-order valence-electron chi connectivity index (χ3n) is 3.67. The van der Waals surface area contributed by atoms with Crippen LogP contribution in [0.3, 0.4) is 0 Å². The minimum Gasteiger partial charge on any atom is -0.350 e. The highest BCUT2D eigenvalue weighted by atomic mass is 16.2. The number of nitrogens with zero attached hydrogens (tertiary/aromatic N) is 1. The van der Waals surface area contributed by atoms with Crippen LogP contribution in [0.2, 0.25) is 0 Å². The third-order valence-corrected chi connectivity index (χ3v) is 3.67. The summed E-state index contributed by atoms with van der Waals surface area (Å²) in [7, 11) is 0. The van der Waals surface area contributed by atoms with Crippen LogP contribution in [-0.4, -0.2) is 41.2 Å². The van der Waals surface area contributed by atoms with Crippen LogP contribution in [-0.2, 0) is 0 Å². The van der Waals surface area contributed by atoms with Gasteiger partial charge in [-0.1, -0.05) is 13.3 Å². The van der Waals surface area contributed by atoms with Gasteiger partial charge in [-0.05, 0) is 38.5 Å². The zero-order chi connectivity index (χ0) is 17.2. The molecule has 1 aromatic rings. The smallest absolute Gasteiger partial charge is 0.261 e. The van der Waals surface area contributed by atoms with E-state index >= 15 is 0 Å². The number of carbonyl (C=O) groups is 3. The molecule has 1 aromatic carbocycles. The molecule has 0 spiro atoms. The van der Waals surface area contributed by atoms with E-state index in [1.165, 1.54) is 11.0 Å². The minimum absolute atomic E-state index is 0.284. The molecule has 2 rings (SSSR count). The first-order valence-electron chi connectivity index (χ1n) is 7.82. The lowest BCUT2D eigenvalue weighted by molar-refractivity contribution is 0.0652. The first-order valence-corrected chi connectivity index (χ1v) is 7.82. The Bertz CT molecular complexity index is 647. The number of amides is 3. The number of nitrogens with two attached hydrogens (primary N) is 1. The molecule has 124 valence electrons. The maximum Gasteiger partial charge on any atom is 0.261 e. The second-order valence-electron chi connectivity index (χ2n) is 6.55. The van der Waals surface area contributed by atoms with Gasteiger partial charge in [-0.2, -0.15) is 0 Å². The molecule has 0 saturated carbocycles. The number of nitrogens with one attached hydrogen (secondary N) is 1. The van der Waals surface area contributed by atoms with Gasteiger partial charge in [0.05, 0.1) is 11.1 Å². The number of rotatable bonds is 6. The van der Waals surface area contributed by atoms with Crippen LogP contribution in [0.5, 0.6) is 0 Å². The molecule has 0 unspecified atom stereocenters. The molecular formula is C17H23N3O3. The summed E-state index contributed by atoms with van der Waals surface area (Å²) in [5.41, 5.74) is 6.33. The van der Waals surface area contributed by atoms with E-state index in [1.807, 2.05) is 20.8 Å². The fourth-order valence-electron chi connectivity index (χ4n) is 2.36. The summed E-state index contributed by atoms with van der Waals surface area (Å²) in [5.74, 6) is -0.917. The van der Waals surface area contributed by atoms with Crippen molar-refractivity contribution >= 4 is 17.7 Å². The fourth-order valence-corrected chi connectivity index (χ4v) is 2.36. The molecule has 23 heavy (non-hydrogen) atoms. The van der Waals surface area contributed by atoms with Gasteiger partial charge in [-0.15, -0.1) is 0 Å². The molecular weight excluding hydrogens is 294 g/mol. The maximum atomic E-state index is 12.4. The summed E-state index contributed by atoms with van der Waals surface area (Å²) in [6, 6.07) is 4.59. The van der Waals surface area contributed by atoms with Gasteiger partial charge in [0.2, 0.25) is 0 Å². The highest BCUT2D eigenvalue weighted by Crippen LogP contribution is 2.24. The van der Waals surface area contributed by atoms with Crippen molar-refractivity contribution in [2.24, 2.45) is 5.73 Å². The van der Waals surface area contributed by atoms with Crippen molar-refractivity contribution in [3.63, 3.8) is 0 Å². The maximum absolute atomic E-state index is 12.4. The van der Waals surface area contributed by atoms with Crippen molar-refractivity contribution in [3.05, 3.63) is 34.9 Å². The highest BCUT2D eigenvalue weighted by Gasteiger charge is 2.35. The predicted molar refractivity (Wildman–Crippen MR) is 87.3 cm³/mol. The van der Waals surface area contributed by atoms with Gasteiger partial charge in [-0.25, -0.2) is 0 Å². The van der Waals surface area contributed by atoms with E-state index in [0.29, 0.717) is 29.8 Å². The molecule has 1 aliphatic heterocycles. The quantitative estimate of drug-likeness (QED) is 0.779. The summed E-state index contributed by atoms with van der Waals surface area (Å²) in [4.78, 5) is 38.0. The average Bonchev–Trinajstić information content (AvgIpc) is 2.73. The van der Waals surface area contributed by atoms with Gasteiger partial charge in [0.1, 0.15) is 0 Å². The topological polar surface area (TPSA) is 92.5 Å². The van der Waals surface area contributed by atoms with Crippen molar-refractivity contribution < 1.29 is 14.4 Å². The van der Waals surface area contributed by atoms with Crippen LogP contribution in [0.4, 0.5) is 0 Å². The Morgan fingerprint density at radius 1 is 1.22 bits per heavy atom. The second kappa shape index (κ2) is 6.50. The molecule has 0 aliphatic carbocycles. The summed E-state index contributed by atoms with van der Waals surface area (Å²) in [6.07, 6.45) is 1.67. The van der Waals surface area contributed by atoms with Crippen LogP contribution < -0.4 is 11.1 Å². The normalized spacial score (nSPS) is 14.2. The average molecular weight is 317 g/mol. The first kappa shape index (κ1) is 17.1. The molecule has 0 bridgehead atoms. The van der Waals surface area contributed by atoms with E-state index < -0.39 is 5.54 Å². The van der Waals surface area contributed by atoms with E-state index in [4.69, 9.17) is 5.73 Å². The van der Waals surface area contributed by atoms with Gasteiger partial charge >= 0.3 is 0 Å². The Kier molecular flexibility index (Phi) is 4.85. The van der Waals surface area contributed by atoms with Crippen molar-refractivity contribution in [2.45, 2.75) is 39.2 Å². The summed E-state index contributed by atoms with van der Waals surface area (Å²) in [6.45, 7) is 6.34. The van der Waals surface area contributed by atoms with Gasteiger partial charge in [0.15, 0.2) is 0 Å². The zero-order valence-corrected chi connectivity index (χ0v) is 13.8. The van der Waals surface area contributed by atoms with Crippen molar-refractivity contribution in [1.82, 2.24) is 10.2 Å². The molecule has 0 radical (unpaired) electrons. The lowest BCUT2D eigenvalue weighted by Gasteiger charge is -2.18. The molecule has 1 aliphatic rings. The van der Waals surface area contributed by atoms with Gasteiger partial charge in [0, 0.05) is 24.2 Å². The Morgan fingerprint density at radius 2 is 1.87 bits per heavy atom. The largest absolute Gasteiger partial charge is 0.350 e. The highest BCUT2D eigenvalue weighted by molar-refractivity contribution is 6.22. The molecule has 3 amide bonds. The van der Waals surface area contributed by atoms with Crippen LogP contribution in [0.25, 0.3) is 0 Å². The minimum atomic E-state index is -0.519. The van der Waals surface area contributed by atoms with E-state index in [9.17, 15) is 14.4 Å². The molecule has 3 N–H and O–H groups in total. The van der Waals surface area contributed by atoms with Crippen molar-refractivity contribution in [1.29, 1.82) is 0 Å². The Balaban J connectivity index is 2.18. The van der Waals surface area contributed by atoms with E-state index in [-0.39, 0.29) is 17.7 Å². The first-order chi connectivity index (χ1) is 10.7. The van der Waals surface area contributed by atoms with Gasteiger partial charge in [-0.3, -0.25) is 19.3 Å². The Labute approximate surface area is 136 Å². The molecule has 1 heterocycles. The molecule has 6 heteroatoms. The van der Waals surface area contributed by atoms with Crippen LogP contribution in [0.1, 0.15) is 64.7 Å². The number of hydrogen-bond donors (Lipinski definition) is 2. The van der Waals surface area contributed by atoms with Crippen molar-refractivity contribution in [3.8, 4) is 0 Å². The zero-order valence-electron chi connectivity index (χ0n) is 13.8. The lowest BCUT2D eigenvalue weighted by Crippen LogP contribution is -2.45. The molecule has 6 nitrogen and oxygen atoms in total. The number of fused-ring (bicyclic) bond motifs is 1. The van der Waals surface area contributed by atoms with Crippen LogP contribution >= 0.6 is 0 Å². The Morgan fingerprint density at radius 3 is 2.48 bits per heavy atom. The molecule has 0 fully saturated rings. The van der Waals surface area contributed by atoms with Crippen LogP contribution in [0, 0.1) is 0 Å². The predicted octanol–water partition coefficient (Wildman–Crippen LogP) is 1.55. The fraction of sp³-hybridized carbons (Fsp3) is 0.471. The lowest BCUT2D eigenvalue weighted by atomic mass is 10.0. The Hall–Kier alpha value is -2.21. The van der Waals surface area contributed by atoms with E-state index in [1.54, 1.807) is 12.1 Å². The molecule has 0 aromatic heterocycles. The molecule has 0 atom stereocenters. The number of unbranched alkanes of at least 4 members (excludes halogenated alkanes) is 1. The van der Waals surface area contributed by atoms with Crippen molar-refractivity contribution in [2.75, 3.05) is 13.1 Å². The number of benzene rings is 1. The number of carbonyl (C=O) groups excluding carboxylic acids is 3. The third kappa shape index (κ3) is 3.76. The van der Waals surface area contributed by atoms with E-state index in [2.05, 4.69) is 5.32 Å². The number of hydrogen-bond acceptors (Lipinski definition) is 4. The molecule has 0 saturated heterocycles. The monoisotopic (exact) mass is 317 g/mol.